The number of carbonyl (C=O) groups excluding carboxylic acids is 4. The summed E-state index contributed by atoms with van der Waals surface area (Å²) in [4.78, 5) is 51.2. The van der Waals surface area contributed by atoms with E-state index < -0.39 is 6.03 Å². The van der Waals surface area contributed by atoms with E-state index in [1.54, 1.807) is 29.2 Å². The number of hydrogen-bond donors (Lipinski definition) is 1. The van der Waals surface area contributed by atoms with Gasteiger partial charge in [0.1, 0.15) is 0 Å². The quantitative estimate of drug-likeness (QED) is 0.783. The van der Waals surface area contributed by atoms with Crippen LogP contribution in [0.4, 0.5) is 10.5 Å². The second kappa shape index (κ2) is 5.87. The first-order valence-electron chi connectivity index (χ1n) is 8.21. The monoisotopic (exact) mass is 343 g/mol. The number of ether oxygens (including phenoxy) is 1. The highest BCUT2D eigenvalue weighted by molar-refractivity contribution is 6.09. The van der Waals surface area contributed by atoms with Crippen LogP contribution in [0.25, 0.3) is 0 Å². The molecule has 130 valence electrons. The number of carbonyl (C=O) groups is 4. The third-order valence-electron chi connectivity index (χ3n) is 4.95. The molecule has 0 aliphatic carbocycles. The number of benzene rings is 1. The third kappa shape index (κ3) is 2.63. The zero-order valence-corrected chi connectivity index (χ0v) is 13.4. The van der Waals surface area contributed by atoms with E-state index in [4.69, 9.17) is 4.74 Å². The Morgan fingerprint density at radius 3 is 2.72 bits per heavy atom. The number of nitrogens with zero attached hydrogens (tertiary/aromatic N) is 2. The van der Waals surface area contributed by atoms with Gasteiger partial charge in [-0.2, -0.15) is 0 Å². The van der Waals surface area contributed by atoms with E-state index in [9.17, 15) is 19.2 Å². The van der Waals surface area contributed by atoms with Gasteiger partial charge in [0.25, 0.3) is 5.91 Å². The van der Waals surface area contributed by atoms with Gasteiger partial charge in [-0.15, -0.1) is 0 Å². The van der Waals surface area contributed by atoms with Gasteiger partial charge in [-0.3, -0.25) is 24.6 Å². The smallest absolute Gasteiger partial charge is 0.328 e. The van der Waals surface area contributed by atoms with Crippen LogP contribution in [-0.4, -0.2) is 55.0 Å². The first-order valence-corrected chi connectivity index (χ1v) is 8.21. The van der Waals surface area contributed by atoms with Gasteiger partial charge in [0.2, 0.25) is 5.91 Å². The third-order valence-corrected chi connectivity index (χ3v) is 4.95. The van der Waals surface area contributed by atoms with Crippen LogP contribution < -0.4 is 10.2 Å². The van der Waals surface area contributed by atoms with E-state index in [1.165, 1.54) is 4.90 Å². The van der Waals surface area contributed by atoms with E-state index in [-0.39, 0.29) is 42.6 Å². The molecule has 4 amide bonds. The molecular formula is C17H17N3O5. The van der Waals surface area contributed by atoms with Crippen LogP contribution in [0.15, 0.2) is 24.3 Å². The molecule has 0 spiro atoms. The van der Waals surface area contributed by atoms with Crippen LogP contribution in [0.5, 0.6) is 0 Å². The lowest BCUT2D eigenvalue weighted by atomic mass is 10.0. The number of amides is 4. The fourth-order valence-corrected chi connectivity index (χ4v) is 3.62. The summed E-state index contributed by atoms with van der Waals surface area (Å²) >= 11 is 0. The predicted molar refractivity (Wildman–Crippen MR) is 85.8 cm³/mol. The normalized spacial score (nSPS) is 25.7. The minimum atomic E-state index is -0.529. The molecule has 0 aromatic heterocycles. The first kappa shape index (κ1) is 15.6. The Morgan fingerprint density at radius 2 is 1.96 bits per heavy atom. The molecule has 3 heterocycles. The Hall–Kier alpha value is -2.90. The Morgan fingerprint density at radius 1 is 1.16 bits per heavy atom. The number of para-hydroxylation sites is 1. The van der Waals surface area contributed by atoms with Crippen molar-refractivity contribution in [2.24, 2.45) is 11.8 Å². The molecule has 2 atom stereocenters. The molecule has 3 saturated heterocycles. The van der Waals surface area contributed by atoms with Crippen molar-refractivity contribution < 1.29 is 23.9 Å². The number of likely N-dealkylation sites (tertiary alicyclic amines) is 1. The van der Waals surface area contributed by atoms with Gasteiger partial charge in [0, 0.05) is 32.0 Å². The van der Waals surface area contributed by atoms with Crippen molar-refractivity contribution in [1.82, 2.24) is 10.2 Å². The molecule has 0 unspecified atom stereocenters. The highest BCUT2D eigenvalue weighted by atomic mass is 16.5. The minimum absolute atomic E-state index is 0.0412. The van der Waals surface area contributed by atoms with Crippen LogP contribution in [0.3, 0.4) is 0 Å². The molecular weight excluding hydrogens is 326 g/mol. The van der Waals surface area contributed by atoms with Crippen LogP contribution in [0, 0.1) is 11.8 Å². The molecule has 3 aliphatic rings. The molecule has 0 radical (unpaired) electrons. The summed E-state index contributed by atoms with van der Waals surface area (Å²) in [7, 11) is 0. The average molecular weight is 343 g/mol. The highest BCUT2D eigenvalue weighted by Gasteiger charge is 2.45. The highest BCUT2D eigenvalue weighted by Crippen LogP contribution is 2.32. The van der Waals surface area contributed by atoms with Crippen LogP contribution in [0.1, 0.15) is 16.8 Å². The van der Waals surface area contributed by atoms with Crippen LogP contribution >= 0.6 is 0 Å². The number of fused-ring (bicyclic) bond motifs is 1. The fourth-order valence-electron chi connectivity index (χ4n) is 3.62. The maximum absolute atomic E-state index is 13.0. The lowest BCUT2D eigenvalue weighted by Crippen LogP contribution is -2.50. The molecule has 3 fully saturated rings. The van der Waals surface area contributed by atoms with Gasteiger partial charge in [0.15, 0.2) is 0 Å². The standard InChI is InChI=1S/C17H17N3O5/c21-14-5-6-20(17(24)18-14)13-4-2-1-3-11(13)15(22)19-7-10-9-25-16(23)12(10)8-19/h1-4,10,12H,5-9H2,(H,18,21,24)/t10-,12-/m1/s1. The first-order chi connectivity index (χ1) is 12.0. The number of esters is 1. The van der Waals surface area contributed by atoms with Gasteiger partial charge in [-0.05, 0) is 12.1 Å². The number of anilines is 1. The van der Waals surface area contributed by atoms with Gasteiger partial charge in [-0.25, -0.2) is 4.79 Å². The van der Waals surface area contributed by atoms with Gasteiger partial charge in [0.05, 0.1) is 23.8 Å². The largest absolute Gasteiger partial charge is 0.465 e. The fraction of sp³-hybridized carbons (Fsp3) is 0.412. The van der Waals surface area contributed by atoms with E-state index >= 15 is 0 Å². The maximum Gasteiger partial charge on any atom is 0.328 e. The van der Waals surface area contributed by atoms with Gasteiger partial charge >= 0.3 is 12.0 Å². The summed E-state index contributed by atoms with van der Waals surface area (Å²) < 4.78 is 5.03. The summed E-state index contributed by atoms with van der Waals surface area (Å²) in [5.74, 6) is -1.01. The summed E-state index contributed by atoms with van der Waals surface area (Å²) in [5, 5.41) is 2.26. The Balaban J connectivity index is 1.59. The number of hydrogen-bond acceptors (Lipinski definition) is 5. The SMILES string of the molecule is O=C1CCN(c2ccccc2C(=O)N2C[C@@H]3COC(=O)[C@@H]3C2)C(=O)N1. The molecule has 4 rings (SSSR count). The molecule has 0 saturated carbocycles. The van der Waals surface area contributed by atoms with Crippen LogP contribution in [0.2, 0.25) is 0 Å². The molecule has 8 heteroatoms. The number of cyclic esters (lactones) is 1. The van der Waals surface area contributed by atoms with Crippen molar-refractivity contribution in [3.8, 4) is 0 Å². The molecule has 8 nitrogen and oxygen atoms in total. The molecule has 0 bridgehead atoms. The second-order valence-electron chi connectivity index (χ2n) is 6.48. The molecule has 1 aromatic rings. The number of imide groups is 1. The summed E-state index contributed by atoms with van der Waals surface area (Å²) in [6.07, 6.45) is 0.188. The minimum Gasteiger partial charge on any atom is -0.465 e. The molecule has 1 N–H and O–H groups in total. The Kier molecular flexibility index (Phi) is 3.67. The summed E-state index contributed by atoms with van der Waals surface area (Å²) in [6, 6.07) is 6.29. The Labute approximate surface area is 143 Å². The maximum atomic E-state index is 13.0. The summed E-state index contributed by atoms with van der Waals surface area (Å²) in [6.45, 7) is 1.38. The van der Waals surface area contributed by atoms with E-state index in [2.05, 4.69) is 5.32 Å². The predicted octanol–water partition coefficient (Wildman–Crippen LogP) is 0.378. The van der Waals surface area contributed by atoms with Crippen molar-refractivity contribution in [1.29, 1.82) is 0 Å². The van der Waals surface area contributed by atoms with Crippen molar-refractivity contribution in [3.05, 3.63) is 29.8 Å². The number of nitrogens with one attached hydrogen (secondary N) is 1. The lowest BCUT2D eigenvalue weighted by molar-refractivity contribution is -0.141. The van der Waals surface area contributed by atoms with Crippen molar-refractivity contribution >= 4 is 29.5 Å². The van der Waals surface area contributed by atoms with Gasteiger partial charge in [-0.1, -0.05) is 12.1 Å². The average Bonchev–Trinajstić information content (AvgIpc) is 3.17. The topological polar surface area (TPSA) is 96.0 Å². The molecule has 1 aromatic carbocycles. The van der Waals surface area contributed by atoms with Gasteiger partial charge < -0.3 is 9.64 Å². The second-order valence-corrected chi connectivity index (χ2v) is 6.48. The van der Waals surface area contributed by atoms with E-state index in [0.717, 1.165) is 0 Å². The van der Waals surface area contributed by atoms with Crippen molar-refractivity contribution in [2.75, 3.05) is 31.1 Å². The Bertz CT molecular complexity index is 777. The summed E-state index contributed by atoms with van der Waals surface area (Å²) in [5.41, 5.74) is 0.859. The zero-order valence-electron chi connectivity index (χ0n) is 13.4. The van der Waals surface area contributed by atoms with Crippen molar-refractivity contribution in [3.63, 3.8) is 0 Å². The van der Waals surface area contributed by atoms with E-state index in [0.29, 0.717) is 30.9 Å². The molecule has 3 aliphatic heterocycles. The lowest BCUT2D eigenvalue weighted by Gasteiger charge is -2.29. The zero-order chi connectivity index (χ0) is 17.6. The molecule has 25 heavy (non-hydrogen) atoms. The van der Waals surface area contributed by atoms with Crippen molar-refractivity contribution in [2.45, 2.75) is 6.42 Å². The number of urea groups is 1. The van der Waals surface area contributed by atoms with Crippen LogP contribution in [-0.2, 0) is 14.3 Å². The van der Waals surface area contributed by atoms with E-state index in [1.807, 2.05) is 0 Å². The number of rotatable bonds is 2.